The Morgan fingerprint density at radius 1 is 1.17 bits per heavy atom. The van der Waals surface area contributed by atoms with Crippen molar-refractivity contribution in [3.8, 4) is 5.75 Å². The summed E-state index contributed by atoms with van der Waals surface area (Å²) in [7, 11) is 1.91. The van der Waals surface area contributed by atoms with Crippen molar-refractivity contribution >= 4 is 11.6 Å². The third kappa shape index (κ3) is 3.22. The molecule has 1 aromatic heterocycles. The molecule has 1 aromatic carbocycles. The fraction of sp³-hybridized carbons (Fsp3) is 0.214. The second-order valence-corrected chi connectivity index (χ2v) is 4.24. The summed E-state index contributed by atoms with van der Waals surface area (Å²) in [5.74, 6) is 0.867. The van der Waals surface area contributed by atoms with E-state index in [1.54, 1.807) is 6.20 Å². The van der Waals surface area contributed by atoms with Gasteiger partial charge in [0.25, 0.3) is 0 Å². The van der Waals surface area contributed by atoms with E-state index in [9.17, 15) is 0 Å². The van der Waals surface area contributed by atoms with Gasteiger partial charge in [0.05, 0.1) is 0 Å². The van der Waals surface area contributed by atoms with Crippen molar-refractivity contribution in [2.45, 2.75) is 13.2 Å². The molecular weight excluding hydrogens is 248 g/mol. The van der Waals surface area contributed by atoms with Crippen molar-refractivity contribution in [1.82, 2.24) is 10.3 Å². The van der Waals surface area contributed by atoms with Crippen molar-refractivity contribution in [1.29, 1.82) is 0 Å². The van der Waals surface area contributed by atoms with Crippen LogP contribution in [0.1, 0.15) is 11.1 Å². The van der Waals surface area contributed by atoms with Gasteiger partial charge < -0.3 is 10.1 Å². The van der Waals surface area contributed by atoms with E-state index in [2.05, 4.69) is 10.3 Å². The first-order valence-corrected chi connectivity index (χ1v) is 6.13. The van der Waals surface area contributed by atoms with Crippen LogP contribution in [0, 0.1) is 0 Å². The molecule has 0 saturated carbocycles. The van der Waals surface area contributed by atoms with Gasteiger partial charge in [0.15, 0.2) is 0 Å². The van der Waals surface area contributed by atoms with Gasteiger partial charge in [0.2, 0.25) is 0 Å². The summed E-state index contributed by atoms with van der Waals surface area (Å²) < 4.78 is 5.79. The number of hydrogen-bond acceptors (Lipinski definition) is 3. The second-order valence-electron chi connectivity index (χ2n) is 3.88. The minimum Gasteiger partial charge on any atom is -0.488 e. The number of benzene rings is 1. The molecule has 3 nitrogen and oxygen atoms in total. The third-order valence-corrected chi connectivity index (χ3v) is 2.90. The molecule has 0 saturated heterocycles. The minimum absolute atomic E-state index is 0.424. The maximum Gasteiger partial charge on any atom is 0.135 e. The molecule has 94 valence electrons. The average molecular weight is 263 g/mol. The molecule has 0 amide bonds. The predicted octanol–water partition coefficient (Wildman–Crippen LogP) is 3.03. The van der Waals surface area contributed by atoms with Gasteiger partial charge in [0.1, 0.15) is 17.5 Å². The molecule has 0 spiro atoms. The van der Waals surface area contributed by atoms with E-state index < -0.39 is 0 Å². The Morgan fingerprint density at radius 2 is 1.94 bits per heavy atom. The van der Waals surface area contributed by atoms with Crippen molar-refractivity contribution in [2.75, 3.05) is 7.05 Å². The average Bonchev–Trinajstić information content (AvgIpc) is 2.40. The first kappa shape index (κ1) is 12.9. The van der Waals surface area contributed by atoms with Crippen LogP contribution in [0.3, 0.4) is 0 Å². The molecule has 0 unspecified atom stereocenters. The maximum absolute atomic E-state index is 5.99. The topological polar surface area (TPSA) is 34.1 Å². The Hall–Kier alpha value is -1.58. The van der Waals surface area contributed by atoms with E-state index in [0.29, 0.717) is 11.8 Å². The Morgan fingerprint density at radius 3 is 2.72 bits per heavy atom. The summed E-state index contributed by atoms with van der Waals surface area (Å²) >= 11 is 5.99. The lowest BCUT2D eigenvalue weighted by Gasteiger charge is -2.11. The van der Waals surface area contributed by atoms with Crippen LogP contribution in [0.5, 0.6) is 5.75 Å². The van der Waals surface area contributed by atoms with E-state index in [-0.39, 0.29) is 0 Å². The van der Waals surface area contributed by atoms with E-state index >= 15 is 0 Å². The standard InChI is InChI=1S/C14H15ClN2O/c1-16-9-11-5-2-3-7-13(11)18-10-12-6-4-8-17-14(12)15/h2-8,16H,9-10H2,1H3. The first-order chi connectivity index (χ1) is 8.81. The molecule has 2 aromatic rings. The molecule has 0 fully saturated rings. The summed E-state index contributed by atoms with van der Waals surface area (Å²) in [6.07, 6.45) is 1.67. The Kier molecular flexibility index (Phi) is 4.56. The zero-order chi connectivity index (χ0) is 12.8. The lowest BCUT2D eigenvalue weighted by atomic mass is 10.2. The number of pyridine rings is 1. The van der Waals surface area contributed by atoms with Gasteiger partial charge in [-0.3, -0.25) is 0 Å². The molecule has 18 heavy (non-hydrogen) atoms. The number of nitrogens with one attached hydrogen (secondary N) is 1. The van der Waals surface area contributed by atoms with Gasteiger partial charge in [-0.05, 0) is 19.2 Å². The molecular formula is C14H15ClN2O. The number of para-hydroxylation sites is 1. The number of halogens is 1. The normalized spacial score (nSPS) is 10.3. The molecule has 1 N–H and O–H groups in total. The van der Waals surface area contributed by atoms with Crippen molar-refractivity contribution < 1.29 is 4.74 Å². The van der Waals surface area contributed by atoms with Gasteiger partial charge >= 0.3 is 0 Å². The highest BCUT2D eigenvalue weighted by molar-refractivity contribution is 6.30. The monoisotopic (exact) mass is 262 g/mol. The smallest absolute Gasteiger partial charge is 0.135 e. The van der Waals surface area contributed by atoms with E-state index in [0.717, 1.165) is 23.4 Å². The first-order valence-electron chi connectivity index (χ1n) is 5.76. The molecule has 0 aliphatic rings. The summed E-state index contributed by atoms with van der Waals surface area (Å²) in [5.41, 5.74) is 2.01. The molecule has 0 aliphatic carbocycles. The summed E-state index contributed by atoms with van der Waals surface area (Å²) in [4.78, 5) is 4.02. The second kappa shape index (κ2) is 6.38. The quantitative estimate of drug-likeness (QED) is 0.841. The molecule has 0 aliphatic heterocycles. The SMILES string of the molecule is CNCc1ccccc1OCc1cccnc1Cl. The van der Waals surface area contributed by atoms with Crippen LogP contribution in [-0.4, -0.2) is 12.0 Å². The molecule has 0 radical (unpaired) electrons. The van der Waals surface area contributed by atoms with Crippen LogP contribution in [0.25, 0.3) is 0 Å². The van der Waals surface area contributed by atoms with Crippen molar-refractivity contribution in [3.63, 3.8) is 0 Å². The largest absolute Gasteiger partial charge is 0.488 e. The van der Waals surface area contributed by atoms with Gasteiger partial charge in [-0.2, -0.15) is 0 Å². The number of ether oxygens (including phenoxy) is 1. The highest BCUT2D eigenvalue weighted by atomic mass is 35.5. The Bertz CT molecular complexity index is 517. The molecule has 2 rings (SSSR count). The van der Waals surface area contributed by atoms with Crippen molar-refractivity contribution in [3.05, 3.63) is 58.9 Å². The molecule has 0 atom stereocenters. The molecule has 0 bridgehead atoms. The predicted molar refractivity (Wildman–Crippen MR) is 72.8 cm³/mol. The highest BCUT2D eigenvalue weighted by Gasteiger charge is 2.04. The third-order valence-electron chi connectivity index (χ3n) is 2.56. The van der Waals surface area contributed by atoms with Crippen LogP contribution in [0.4, 0.5) is 0 Å². The van der Waals surface area contributed by atoms with Crippen LogP contribution < -0.4 is 10.1 Å². The van der Waals surface area contributed by atoms with E-state index in [1.807, 2.05) is 43.4 Å². The van der Waals surface area contributed by atoms with Gasteiger partial charge in [-0.15, -0.1) is 0 Å². The van der Waals surface area contributed by atoms with Gasteiger partial charge in [0, 0.05) is 23.9 Å². The van der Waals surface area contributed by atoms with Crippen LogP contribution in [0.2, 0.25) is 5.15 Å². The Labute approximate surface area is 112 Å². The number of hydrogen-bond donors (Lipinski definition) is 1. The zero-order valence-corrected chi connectivity index (χ0v) is 10.9. The highest BCUT2D eigenvalue weighted by Crippen LogP contribution is 2.20. The molecule has 4 heteroatoms. The van der Waals surface area contributed by atoms with Crippen molar-refractivity contribution in [2.24, 2.45) is 0 Å². The number of rotatable bonds is 5. The summed E-state index contributed by atoms with van der Waals surface area (Å²) in [6.45, 7) is 1.20. The lowest BCUT2D eigenvalue weighted by molar-refractivity contribution is 0.302. The van der Waals surface area contributed by atoms with Crippen LogP contribution in [-0.2, 0) is 13.2 Å². The summed E-state index contributed by atoms with van der Waals surface area (Å²) in [5, 5.41) is 3.60. The number of nitrogens with zero attached hydrogens (tertiary/aromatic N) is 1. The van der Waals surface area contributed by atoms with Crippen LogP contribution in [0.15, 0.2) is 42.6 Å². The molecule has 1 heterocycles. The lowest BCUT2D eigenvalue weighted by Crippen LogP contribution is -2.07. The zero-order valence-electron chi connectivity index (χ0n) is 10.2. The summed E-state index contributed by atoms with van der Waals surface area (Å²) in [6, 6.07) is 11.7. The fourth-order valence-corrected chi connectivity index (χ4v) is 1.84. The Balaban J connectivity index is 2.08. The fourth-order valence-electron chi connectivity index (χ4n) is 1.66. The maximum atomic E-state index is 5.99. The van der Waals surface area contributed by atoms with E-state index in [1.165, 1.54) is 0 Å². The van der Waals surface area contributed by atoms with Gasteiger partial charge in [-0.1, -0.05) is 35.9 Å². The van der Waals surface area contributed by atoms with Gasteiger partial charge in [-0.25, -0.2) is 4.98 Å². The van der Waals surface area contributed by atoms with Crippen LogP contribution >= 0.6 is 11.6 Å². The minimum atomic E-state index is 0.424. The van der Waals surface area contributed by atoms with E-state index in [4.69, 9.17) is 16.3 Å². The number of aromatic nitrogens is 1.